The van der Waals surface area contributed by atoms with Gasteiger partial charge in [0.05, 0.1) is 24.2 Å². The van der Waals surface area contributed by atoms with Gasteiger partial charge in [-0.1, -0.05) is 41.9 Å². The Labute approximate surface area is 170 Å². The molecule has 3 saturated heterocycles. The number of piperidine rings is 2. The third-order valence-corrected chi connectivity index (χ3v) is 7.44. The summed E-state index contributed by atoms with van der Waals surface area (Å²) < 4.78 is 0. The molecule has 4 heterocycles. The lowest BCUT2D eigenvalue weighted by Gasteiger charge is -2.57. The summed E-state index contributed by atoms with van der Waals surface area (Å²) in [4.78, 5) is 16.3. The van der Waals surface area contributed by atoms with E-state index >= 15 is 0 Å². The fraction of sp³-hybridized carbons (Fsp3) is 0.435. The highest BCUT2D eigenvalue weighted by Crippen LogP contribution is 2.53. The maximum atomic E-state index is 13.7. The van der Waals surface area contributed by atoms with Crippen LogP contribution in [0.15, 0.2) is 48.5 Å². The molecular weight excluding hydrogens is 370 g/mol. The van der Waals surface area contributed by atoms with Gasteiger partial charge in [-0.05, 0) is 61.7 Å². The van der Waals surface area contributed by atoms with Gasteiger partial charge in [0, 0.05) is 17.0 Å². The maximum absolute atomic E-state index is 13.7. The molecular formula is C23H24ClN3O. The molecule has 3 fully saturated rings. The van der Waals surface area contributed by atoms with Crippen LogP contribution in [0.3, 0.4) is 0 Å². The van der Waals surface area contributed by atoms with Crippen molar-refractivity contribution >= 4 is 23.2 Å². The lowest BCUT2D eigenvalue weighted by Crippen LogP contribution is -2.71. The summed E-state index contributed by atoms with van der Waals surface area (Å²) in [7, 11) is 0. The Kier molecular flexibility index (Phi) is 3.75. The zero-order chi connectivity index (χ0) is 18.8. The van der Waals surface area contributed by atoms with Crippen molar-refractivity contribution in [2.24, 2.45) is 5.92 Å². The number of halogens is 1. The highest BCUT2D eigenvalue weighted by Gasteiger charge is 2.58. The standard InChI is InChI=1S/C23H24ClN3O/c24-16-8-9-20-19(13-16)17-10-12-25-11-4-7-18-21(25)22(17)27(20)26(23(18)28)14-15-5-2-1-3-6-15/h1-3,5-6,8-9,13,17-18,21-22H,4,7,10-12,14H2/t17?,18-,21+,22?/m0/s1. The SMILES string of the molecule is O=C1[C@H]2CCCN3CCC4c5cc(Cl)ccc5N(C4[C@@H]23)N1Cc1ccccc1. The molecule has 2 aromatic carbocycles. The highest BCUT2D eigenvalue weighted by atomic mass is 35.5. The fourth-order valence-corrected chi connectivity index (χ4v) is 6.31. The molecule has 4 aliphatic rings. The van der Waals surface area contributed by atoms with Crippen LogP contribution < -0.4 is 5.01 Å². The molecule has 2 aromatic rings. The molecule has 4 nitrogen and oxygen atoms in total. The number of hydrogen-bond donors (Lipinski definition) is 0. The number of nitrogens with zero attached hydrogens (tertiary/aromatic N) is 3. The third kappa shape index (κ3) is 2.31. The largest absolute Gasteiger partial charge is 0.297 e. The van der Waals surface area contributed by atoms with E-state index in [2.05, 4.69) is 46.3 Å². The van der Waals surface area contributed by atoms with Gasteiger partial charge in [0.25, 0.3) is 0 Å². The van der Waals surface area contributed by atoms with Gasteiger partial charge in [0.15, 0.2) is 0 Å². The molecule has 6 rings (SSSR count). The monoisotopic (exact) mass is 393 g/mol. The summed E-state index contributed by atoms with van der Waals surface area (Å²) in [6.45, 7) is 2.85. The average Bonchev–Trinajstić information content (AvgIpc) is 3.05. The number of rotatable bonds is 2. The fourth-order valence-electron chi connectivity index (χ4n) is 6.13. The van der Waals surface area contributed by atoms with Gasteiger partial charge < -0.3 is 0 Å². The molecule has 0 aromatic heterocycles. The lowest BCUT2D eigenvalue weighted by atomic mass is 9.73. The van der Waals surface area contributed by atoms with E-state index in [0.29, 0.717) is 30.5 Å². The Morgan fingerprint density at radius 1 is 0.964 bits per heavy atom. The molecule has 4 atom stereocenters. The van der Waals surface area contributed by atoms with E-state index in [1.807, 2.05) is 17.1 Å². The van der Waals surface area contributed by atoms with Crippen LogP contribution in [0.4, 0.5) is 5.69 Å². The Bertz CT molecular complexity index is 933. The van der Waals surface area contributed by atoms with Crippen LogP contribution in [0.25, 0.3) is 0 Å². The Balaban J connectivity index is 1.49. The zero-order valence-electron chi connectivity index (χ0n) is 15.8. The quantitative estimate of drug-likeness (QED) is 0.770. The van der Waals surface area contributed by atoms with Crippen LogP contribution >= 0.6 is 11.6 Å². The number of hydrogen-bond acceptors (Lipinski definition) is 3. The van der Waals surface area contributed by atoms with E-state index in [1.54, 1.807) is 0 Å². The van der Waals surface area contributed by atoms with Gasteiger partial charge in [-0.3, -0.25) is 14.7 Å². The molecule has 4 aliphatic heterocycles. The van der Waals surface area contributed by atoms with Crippen LogP contribution in [0.2, 0.25) is 5.02 Å². The second-order valence-electron chi connectivity index (χ2n) is 8.59. The van der Waals surface area contributed by atoms with Crippen molar-refractivity contribution in [3.63, 3.8) is 0 Å². The minimum absolute atomic E-state index is 0.117. The van der Waals surface area contributed by atoms with Gasteiger partial charge in [-0.25, -0.2) is 5.01 Å². The number of carbonyl (C=O) groups excluding carboxylic acids is 1. The molecule has 144 valence electrons. The first-order valence-electron chi connectivity index (χ1n) is 10.4. The number of carbonyl (C=O) groups is 1. The summed E-state index contributed by atoms with van der Waals surface area (Å²) in [5.74, 6) is 0.867. The van der Waals surface area contributed by atoms with Crippen molar-refractivity contribution in [3.05, 3.63) is 64.7 Å². The molecule has 0 radical (unpaired) electrons. The van der Waals surface area contributed by atoms with E-state index in [1.165, 1.54) is 16.8 Å². The van der Waals surface area contributed by atoms with Crippen LogP contribution in [-0.4, -0.2) is 41.0 Å². The van der Waals surface area contributed by atoms with E-state index in [4.69, 9.17) is 11.6 Å². The molecule has 0 aliphatic carbocycles. The van der Waals surface area contributed by atoms with Gasteiger partial charge in [0.2, 0.25) is 5.91 Å². The van der Waals surface area contributed by atoms with Crippen LogP contribution in [0.1, 0.15) is 36.3 Å². The maximum Gasteiger partial charge on any atom is 0.246 e. The van der Waals surface area contributed by atoms with Crippen molar-refractivity contribution in [1.82, 2.24) is 9.91 Å². The van der Waals surface area contributed by atoms with Crippen LogP contribution in [0.5, 0.6) is 0 Å². The minimum Gasteiger partial charge on any atom is -0.297 e. The van der Waals surface area contributed by atoms with E-state index in [-0.39, 0.29) is 5.92 Å². The van der Waals surface area contributed by atoms with Gasteiger partial charge in [-0.2, -0.15) is 0 Å². The first-order chi connectivity index (χ1) is 13.7. The molecule has 0 spiro atoms. The van der Waals surface area contributed by atoms with Crippen molar-refractivity contribution in [3.8, 4) is 0 Å². The molecule has 0 saturated carbocycles. The summed E-state index contributed by atoms with van der Waals surface area (Å²) >= 11 is 6.38. The smallest absolute Gasteiger partial charge is 0.246 e. The van der Waals surface area contributed by atoms with E-state index in [0.717, 1.165) is 37.4 Å². The topological polar surface area (TPSA) is 26.8 Å². The summed E-state index contributed by atoms with van der Waals surface area (Å²) in [6.07, 6.45) is 3.28. The Hall–Kier alpha value is -2.04. The highest BCUT2D eigenvalue weighted by molar-refractivity contribution is 6.30. The summed E-state index contributed by atoms with van der Waals surface area (Å²) in [5.41, 5.74) is 3.68. The van der Waals surface area contributed by atoms with Gasteiger partial charge in [0.1, 0.15) is 0 Å². The number of hydrazine groups is 1. The Morgan fingerprint density at radius 3 is 2.68 bits per heavy atom. The number of fused-ring (bicyclic) bond motifs is 3. The zero-order valence-corrected chi connectivity index (χ0v) is 16.6. The van der Waals surface area contributed by atoms with Gasteiger partial charge in [-0.15, -0.1) is 0 Å². The molecule has 0 bridgehead atoms. The normalized spacial score (nSPS) is 31.0. The first-order valence-corrected chi connectivity index (χ1v) is 10.8. The number of amides is 1. The summed E-state index contributed by atoms with van der Waals surface area (Å²) in [6, 6.07) is 17.3. The van der Waals surface area contributed by atoms with Crippen LogP contribution in [0, 0.1) is 5.92 Å². The van der Waals surface area contributed by atoms with E-state index in [9.17, 15) is 4.79 Å². The molecule has 1 amide bonds. The Morgan fingerprint density at radius 2 is 1.82 bits per heavy atom. The number of benzene rings is 2. The lowest BCUT2D eigenvalue weighted by molar-refractivity contribution is -0.150. The van der Waals surface area contributed by atoms with E-state index < -0.39 is 0 Å². The first kappa shape index (κ1) is 16.9. The van der Waals surface area contributed by atoms with Crippen molar-refractivity contribution < 1.29 is 4.79 Å². The second-order valence-corrected chi connectivity index (χ2v) is 9.03. The second kappa shape index (κ2) is 6.23. The average molecular weight is 394 g/mol. The van der Waals surface area contributed by atoms with Gasteiger partial charge >= 0.3 is 0 Å². The molecule has 5 heteroatoms. The molecule has 2 unspecified atom stereocenters. The predicted molar refractivity (Wildman–Crippen MR) is 110 cm³/mol. The molecule has 28 heavy (non-hydrogen) atoms. The summed E-state index contributed by atoms with van der Waals surface area (Å²) in [5, 5.41) is 5.18. The van der Waals surface area contributed by atoms with Crippen molar-refractivity contribution in [2.75, 3.05) is 18.1 Å². The third-order valence-electron chi connectivity index (χ3n) is 7.21. The minimum atomic E-state index is 0.117. The molecule has 0 N–H and O–H groups in total. The van der Waals surface area contributed by atoms with Crippen molar-refractivity contribution in [2.45, 2.75) is 43.8 Å². The van der Waals surface area contributed by atoms with Crippen molar-refractivity contribution in [1.29, 1.82) is 0 Å². The predicted octanol–water partition coefficient (Wildman–Crippen LogP) is 4.05. The van der Waals surface area contributed by atoms with Crippen LogP contribution in [-0.2, 0) is 11.3 Å². The number of anilines is 1.